The minimum atomic E-state index is -0.331. The summed E-state index contributed by atoms with van der Waals surface area (Å²) in [5, 5.41) is 0. The number of halogens is 1. The van der Waals surface area contributed by atoms with Gasteiger partial charge in [-0.2, -0.15) is 0 Å². The van der Waals surface area contributed by atoms with Crippen molar-refractivity contribution in [2.45, 2.75) is 12.8 Å². The lowest BCUT2D eigenvalue weighted by atomic mass is 9.78. The molecule has 1 amide bonds. The Labute approximate surface area is 158 Å². The molecule has 1 aromatic carbocycles. The lowest BCUT2D eigenvalue weighted by Crippen LogP contribution is -2.49. The maximum atomic E-state index is 13.1. The van der Waals surface area contributed by atoms with E-state index in [2.05, 4.69) is 14.9 Å². The highest BCUT2D eigenvalue weighted by atomic mass is 19.1. The van der Waals surface area contributed by atoms with Crippen LogP contribution in [-0.2, 0) is 4.74 Å². The Bertz CT molecular complexity index is 776. The molecule has 0 aliphatic carbocycles. The fourth-order valence-corrected chi connectivity index (χ4v) is 3.88. The molecule has 2 aromatic rings. The van der Waals surface area contributed by atoms with E-state index < -0.39 is 0 Å². The van der Waals surface area contributed by atoms with Crippen LogP contribution in [0.25, 0.3) is 0 Å². The van der Waals surface area contributed by atoms with Crippen molar-refractivity contribution in [1.29, 1.82) is 0 Å². The van der Waals surface area contributed by atoms with Crippen LogP contribution in [0.3, 0.4) is 0 Å². The molecule has 0 saturated carbocycles. The van der Waals surface area contributed by atoms with Crippen molar-refractivity contribution < 1.29 is 13.9 Å². The van der Waals surface area contributed by atoms with E-state index in [-0.39, 0.29) is 17.1 Å². The van der Waals surface area contributed by atoms with Gasteiger partial charge >= 0.3 is 0 Å². The molecule has 0 radical (unpaired) electrons. The van der Waals surface area contributed by atoms with Gasteiger partial charge in [-0.25, -0.2) is 14.4 Å². The first-order valence-corrected chi connectivity index (χ1v) is 9.30. The molecule has 7 heteroatoms. The van der Waals surface area contributed by atoms with Gasteiger partial charge in [0.2, 0.25) is 5.95 Å². The number of hydrogen-bond donors (Lipinski definition) is 0. The van der Waals surface area contributed by atoms with Crippen LogP contribution in [0, 0.1) is 11.2 Å². The predicted molar refractivity (Wildman–Crippen MR) is 99.0 cm³/mol. The first-order chi connectivity index (χ1) is 13.2. The van der Waals surface area contributed by atoms with Crippen LogP contribution in [0.1, 0.15) is 23.2 Å². The number of nitrogens with zero attached hydrogens (tertiary/aromatic N) is 4. The zero-order valence-electron chi connectivity index (χ0n) is 15.2. The maximum absolute atomic E-state index is 13.1. The average molecular weight is 370 g/mol. The van der Waals surface area contributed by atoms with E-state index in [1.54, 1.807) is 24.5 Å². The van der Waals surface area contributed by atoms with Crippen LogP contribution in [0.4, 0.5) is 10.3 Å². The standard InChI is InChI=1S/C20H23FN4O2/c21-17-4-2-16(3-5-17)18(26)24-10-6-20(7-11-24)14-25(12-13-27-15-20)19-22-8-1-9-23-19/h1-5,8-9H,6-7,10-15H2. The second-order valence-electron chi connectivity index (χ2n) is 7.32. The second kappa shape index (κ2) is 7.60. The van der Waals surface area contributed by atoms with Crippen molar-refractivity contribution in [3.8, 4) is 0 Å². The second-order valence-corrected chi connectivity index (χ2v) is 7.32. The molecule has 2 aliphatic heterocycles. The maximum Gasteiger partial charge on any atom is 0.253 e. The topological polar surface area (TPSA) is 58.6 Å². The molecule has 2 saturated heterocycles. The van der Waals surface area contributed by atoms with E-state index in [1.165, 1.54) is 12.1 Å². The largest absolute Gasteiger partial charge is 0.379 e. The first-order valence-electron chi connectivity index (χ1n) is 9.30. The van der Waals surface area contributed by atoms with Crippen LogP contribution in [0.15, 0.2) is 42.7 Å². The van der Waals surface area contributed by atoms with Gasteiger partial charge in [0.1, 0.15) is 5.82 Å². The predicted octanol–water partition coefficient (Wildman–Crippen LogP) is 2.37. The van der Waals surface area contributed by atoms with Crippen LogP contribution in [-0.4, -0.2) is 60.2 Å². The van der Waals surface area contributed by atoms with Crippen molar-refractivity contribution in [3.05, 3.63) is 54.1 Å². The molecule has 1 spiro atoms. The summed E-state index contributed by atoms with van der Waals surface area (Å²) in [6.45, 7) is 4.28. The third kappa shape index (κ3) is 3.93. The Morgan fingerprint density at radius 3 is 2.48 bits per heavy atom. The number of carbonyl (C=O) groups is 1. The highest BCUT2D eigenvalue weighted by molar-refractivity contribution is 5.94. The Kier molecular flexibility index (Phi) is 5.03. The summed E-state index contributed by atoms with van der Waals surface area (Å²) in [6, 6.07) is 7.56. The Hall–Kier alpha value is -2.54. The van der Waals surface area contributed by atoms with E-state index in [4.69, 9.17) is 4.74 Å². The molecule has 27 heavy (non-hydrogen) atoms. The molecule has 2 fully saturated rings. The zero-order chi connectivity index (χ0) is 18.7. The van der Waals surface area contributed by atoms with Crippen molar-refractivity contribution in [2.75, 3.05) is 44.3 Å². The molecule has 0 bridgehead atoms. The van der Waals surface area contributed by atoms with Gasteiger partial charge in [-0.1, -0.05) is 0 Å². The number of aromatic nitrogens is 2. The molecule has 0 unspecified atom stereocenters. The number of hydrogen-bond acceptors (Lipinski definition) is 5. The van der Waals surface area contributed by atoms with E-state index in [0.29, 0.717) is 31.9 Å². The van der Waals surface area contributed by atoms with Gasteiger partial charge in [0.25, 0.3) is 5.91 Å². The fraction of sp³-hybridized carbons (Fsp3) is 0.450. The Balaban J connectivity index is 1.43. The number of likely N-dealkylation sites (tertiary alicyclic amines) is 1. The van der Waals surface area contributed by atoms with Gasteiger partial charge < -0.3 is 14.5 Å². The number of amides is 1. The van der Waals surface area contributed by atoms with Crippen molar-refractivity contribution in [3.63, 3.8) is 0 Å². The Morgan fingerprint density at radius 2 is 1.78 bits per heavy atom. The number of anilines is 1. The van der Waals surface area contributed by atoms with E-state index in [0.717, 1.165) is 31.9 Å². The van der Waals surface area contributed by atoms with Crippen LogP contribution in [0.2, 0.25) is 0 Å². The molecule has 3 heterocycles. The summed E-state index contributed by atoms with van der Waals surface area (Å²) in [6.07, 6.45) is 5.24. The molecule has 6 nitrogen and oxygen atoms in total. The number of benzene rings is 1. The summed E-state index contributed by atoms with van der Waals surface area (Å²) >= 11 is 0. The molecule has 1 aromatic heterocycles. The van der Waals surface area contributed by atoms with Crippen LogP contribution in [0.5, 0.6) is 0 Å². The highest BCUT2D eigenvalue weighted by Gasteiger charge is 2.39. The Morgan fingerprint density at radius 1 is 1.07 bits per heavy atom. The number of rotatable bonds is 2. The van der Waals surface area contributed by atoms with Crippen molar-refractivity contribution in [2.24, 2.45) is 5.41 Å². The summed E-state index contributed by atoms with van der Waals surface area (Å²) in [4.78, 5) is 25.5. The van der Waals surface area contributed by atoms with E-state index in [9.17, 15) is 9.18 Å². The number of carbonyl (C=O) groups excluding carboxylic acids is 1. The van der Waals surface area contributed by atoms with E-state index in [1.807, 2.05) is 11.0 Å². The van der Waals surface area contributed by atoms with E-state index >= 15 is 0 Å². The summed E-state index contributed by atoms with van der Waals surface area (Å²) < 4.78 is 19.0. The van der Waals surface area contributed by atoms with Gasteiger partial charge in [-0.3, -0.25) is 4.79 Å². The minimum Gasteiger partial charge on any atom is -0.379 e. The molecule has 0 atom stereocenters. The quantitative estimate of drug-likeness (QED) is 0.812. The summed E-state index contributed by atoms with van der Waals surface area (Å²) in [7, 11) is 0. The number of piperidine rings is 1. The normalized spacial score (nSPS) is 19.7. The van der Waals surface area contributed by atoms with Crippen molar-refractivity contribution in [1.82, 2.24) is 14.9 Å². The van der Waals surface area contributed by atoms with Crippen LogP contribution < -0.4 is 4.90 Å². The molecule has 4 rings (SSSR count). The van der Waals surface area contributed by atoms with Gasteiger partial charge in [-0.05, 0) is 43.2 Å². The smallest absolute Gasteiger partial charge is 0.253 e. The lowest BCUT2D eigenvalue weighted by molar-refractivity contribution is 0.0207. The summed E-state index contributed by atoms with van der Waals surface area (Å²) in [5.41, 5.74) is 0.527. The minimum absolute atomic E-state index is 0.00469. The number of ether oxygens (including phenoxy) is 1. The lowest BCUT2D eigenvalue weighted by Gasteiger charge is -2.42. The van der Waals surface area contributed by atoms with Gasteiger partial charge in [0, 0.05) is 49.6 Å². The SMILES string of the molecule is O=C(c1ccc(F)cc1)N1CCC2(CC1)COCCN(c1ncccn1)C2. The molecular weight excluding hydrogens is 347 g/mol. The average Bonchev–Trinajstić information content (AvgIpc) is 2.92. The third-order valence-corrected chi connectivity index (χ3v) is 5.48. The zero-order valence-corrected chi connectivity index (χ0v) is 15.2. The van der Waals surface area contributed by atoms with Gasteiger partial charge in [0.05, 0.1) is 13.2 Å². The van der Waals surface area contributed by atoms with Gasteiger partial charge in [0.15, 0.2) is 0 Å². The van der Waals surface area contributed by atoms with Crippen LogP contribution >= 0.6 is 0 Å². The fourth-order valence-electron chi connectivity index (χ4n) is 3.88. The first kappa shape index (κ1) is 17.9. The summed E-state index contributed by atoms with van der Waals surface area (Å²) in [5.74, 6) is 0.359. The monoisotopic (exact) mass is 370 g/mol. The molecule has 0 N–H and O–H groups in total. The molecular formula is C20H23FN4O2. The van der Waals surface area contributed by atoms with Gasteiger partial charge in [-0.15, -0.1) is 0 Å². The third-order valence-electron chi connectivity index (χ3n) is 5.48. The molecule has 142 valence electrons. The van der Waals surface area contributed by atoms with Crippen molar-refractivity contribution >= 4 is 11.9 Å². The highest BCUT2D eigenvalue weighted by Crippen LogP contribution is 2.35. The molecule has 2 aliphatic rings.